The first kappa shape index (κ1) is 11.5. The molecule has 2 aromatic carbocycles. The summed E-state index contributed by atoms with van der Waals surface area (Å²) in [5, 5.41) is 9.99. The Bertz CT molecular complexity index is 729. The molecule has 3 rings (SSSR count). The number of rotatable bonds is 3. The number of hydrogen-bond donors (Lipinski definition) is 1. The van der Waals surface area contributed by atoms with Crippen molar-refractivity contribution in [1.29, 1.82) is 0 Å². The van der Waals surface area contributed by atoms with Gasteiger partial charge >= 0.3 is 5.97 Å². The van der Waals surface area contributed by atoms with Crippen LogP contribution >= 0.6 is 0 Å². The van der Waals surface area contributed by atoms with Gasteiger partial charge in [0, 0.05) is 17.3 Å². The molecule has 3 aromatic rings. The van der Waals surface area contributed by atoms with Crippen molar-refractivity contribution in [2.24, 2.45) is 0 Å². The van der Waals surface area contributed by atoms with E-state index in [1.807, 2.05) is 65.4 Å². The normalized spacial score (nSPS) is 10.7. The number of hydrogen-bond acceptors (Lipinski definition) is 1. The third-order valence-electron chi connectivity index (χ3n) is 3.17. The first-order valence-electron chi connectivity index (χ1n) is 6.12. The van der Waals surface area contributed by atoms with Gasteiger partial charge in [0.1, 0.15) is 0 Å². The maximum absolute atomic E-state index is 10.9. The molecule has 0 radical (unpaired) electrons. The molecule has 94 valence electrons. The average Bonchev–Trinajstić information content (AvgIpc) is 2.78. The van der Waals surface area contributed by atoms with Gasteiger partial charge in [-0.2, -0.15) is 0 Å². The summed E-state index contributed by atoms with van der Waals surface area (Å²) in [5.74, 6) is -0.809. The van der Waals surface area contributed by atoms with Gasteiger partial charge in [-0.25, -0.2) is 0 Å². The van der Waals surface area contributed by atoms with E-state index in [9.17, 15) is 4.79 Å². The number of carboxylic acid groups (broad SMARTS) is 1. The standard InChI is InChI=1S/C16H13NO2/c18-16(19)10-12-11-17(13-6-2-1-3-7-13)15-9-5-4-8-14(12)15/h1-9,11H,10H2,(H,18,19). The van der Waals surface area contributed by atoms with Gasteiger partial charge in [-0.3, -0.25) is 4.79 Å². The average molecular weight is 251 g/mol. The number of para-hydroxylation sites is 2. The fraction of sp³-hybridized carbons (Fsp3) is 0.0625. The maximum Gasteiger partial charge on any atom is 0.307 e. The van der Waals surface area contributed by atoms with Gasteiger partial charge in [-0.05, 0) is 23.8 Å². The van der Waals surface area contributed by atoms with Crippen molar-refractivity contribution in [2.45, 2.75) is 6.42 Å². The molecule has 19 heavy (non-hydrogen) atoms. The van der Waals surface area contributed by atoms with E-state index in [1.54, 1.807) is 0 Å². The molecule has 1 aromatic heterocycles. The summed E-state index contributed by atoms with van der Waals surface area (Å²) < 4.78 is 2.04. The largest absolute Gasteiger partial charge is 0.481 e. The predicted molar refractivity (Wildman–Crippen MR) is 74.6 cm³/mol. The molecule has 0 saturated carbocycles. The van der Waals surface area contributed by atoms with Crippen molar-refractivity contribution in [2.75, 3.05) is 0 Å². The van der Waals surface area contributed by atoms with Crippen LogP contribution in [0.15, 0.2) is 60.8 Å². The summed E-state index contributed by atoms with van der Waals surface area (Å²) >= 11 is 0. The number of carboxylic acids is 1. The lowest BCUT2D eigenvalue weighted by molar-refractivity contribution is -0.136. The molecule has 3 heteroatoms. The summed E-state index contributed by atoms with van der Waals surface area (Å²) in [6.45, 7) is 0. The SMILES string of the molecule is O=C(O)Cc1cn(-c2ccccc2)c2ccccc12. The Labute approximate surface area is 110 Å². The third-order valence-corrected chi connectivity index (χ3v) is 3.17. The molecule has 0 saturated heterocycles. The summed E-state index contributed by atoms with van der Waals surface area (Å²) in [4.78, 5) is 10.9. The lowest BCUT2D eigenvalue weighted by Gasteiger charge is -2.04. The molecule has 0 unspecified atom stereocenters. The van der Waals surface area contributed by atoms with E-state index in [2.05, 4.69) is 0 Å². The zero-order chi connectivity index (χ0) is 13.2. The molecular weight excluding hydrogens is 238 g/mol. The first-order valence-corrected chi connectivity index (χ1v) is 6.12. The molecule has 0 aliphatic rings. The van der Waals surface area contributed by atoms with E-state index >= 15 is 0 Å². The highest BCUT2D eigenvalue weighted by molar-refractivity contribution is 5.88. The Morgan fingerprint density at radius 1 is 1.00 bits per heavy atom. The van der Waals surface area contributed by atoms with Crippen molar-refractivity contribution >= 4 is 16.9 Å². The van der Waals surface area contributed by atoms with Crippen molar-refractivity contribution in [1.82, 2.24) is 4.57 Å². The van der Waals surface area contributed by atoms with Crippen molar-refractivity contribution < 1.29 is 9.90 Å². The van der Waals surface area contributed by atoms with E-state index in [-0.39, 0.29) is 6.42 Å². The highest BCUT2D eigenvalue weighted by Crippen LogP contribution is 2.25. The van der Waals surface area contributed by atoms with Crippen LogP contribution in [-0.2, 0) is 11.2 Å². The van der Waals surface area contributed by atoms with E-state index in [0.29, 0.717) is 0 Å². The second kappa shape index (κ2) is 4.61. The van der Waals surface area contributed by atoms with Crippen LogP contribution in [0, 0.1) is 0 Å². The molecule has 1 heterocycles. The van der Waals surface area contributed by atoms with Crippen molar-refractivity contribution in [3.8, 4) is 5.69 Å². The highest BCUT2D eigenvalue weighted by Gasteiger charge is 2.11. The van der Waals surface area contributed by atoms with Crippen LogP contribution in [-0.4, -0.2) is 15.6 Å². The molecule has 0 aliphatic heterocycles. The van der Waals surface area contributed by atoms with Crippen molar-refractivity contribution in [3.05, 3.63) is 66.4 Å². The summed E-state index contributed by atoms with van der Waals surface area (Å²) in [5.41, 5.74) is 2.91. The Kier molecular flexibility index (Phi) is 2.80. The molecule has 0 bridgehead atoms. The second-order valence-electron chi connectivity index (χ2n) is 4.45. The second-order valence-corrected chi connectivity index (χ2v) is 4.45. The number of nitrogens with zero attached hydrogens (tertiary/aromatic N) is 1. The number of carbonyl (C=O) groups is 1. The first-order chi connectivity index (χ1) is 9.25. The van der Waals surface area contributed by atoms with Crippen LogP contribution in [0.3, 0.4) is 0 Å². The van der Waals surface area contributed by atoms with Crippen LogP contribution in [0.4, 0.5) is 0 Å². The Morgan fingerprint density at radius 3 is 2.42 bits per heavy atom. The minimum absolute atomic E-state index is 0.0420. The quantitative estimate of drug-likeness (QED) is 0.776. The van der Waals surface area contributed by atoms with Crippen LogP contribution in [0.2, 0.25) is 0 Å². The number of aromatic nitrogens is 1. The molecule has 0 amide bonds. The van der Waals surface area contributed by atoms with Gasteiger partial charge in [-0.1, -0.05) is 36.4 Å². The van der Waals surface area contributed by atoms with Crippen LogP contribution in [0.5, 0.6) is 0 Å². The number of aliphatic carboxylic acids is 1. The monoisotopic (exact) mass is 251 g/mol. The molecule has 0 aliphatic carbocycles. The zero-order valence-corrected chi connectivity index (χ0v) is 10.3. The zero-order valence-electron chi connectivity index (χ0n) is 10.3. The van der Waals surface area contributed by atoms with Crippen LogP contribution < -0.4 is 0 Å². The molecule has 0 fully saturated rings. The molecular formula is C16H13NO2. The van der Waals surface area contributed by atoms with Crippen molar-refractivity contribution in [3.63, 3.8) is 0 Å². The van der Waals surface area contributed by atoms with E-state index in [1.165, 1.54) is 0 Å². The number of fused-ring (bicyclic) bond motifs is 1. The fourth-order valence-electron chi connectivity index (χ4n) is 2.36. The van der Waals surface area contributed by atoms with Crippen LogP contribution in [0.25, 0.3) is 16.6 Å². The van der Waals surface area contributed by atoms with E-state index in [0.717, 1.165) is 22.2 Å². The molecule has 3 nitrogen and oxygen atoms in total. The van der Waals surface area contributed by atoms with Gasteiger partial charge < -0.3 is 9.67 Å². The summed E-state index contributed by atoms with van der Waals surface area (Å²) in [6.07, 6.45) is 1.95. The van der Waals surface area contributed by atoms with Gasteiger partial charge in [-0.15, -0.1) is 0 Å². The topological polar surface area (TPSA) is 42.2 Å². The summed E-state index contributed by atoms with van der Waals surface area (Å²) in [7, 11) is 0. The molecule has 1 N–H and O–H groups in total. The highest BCUT2D eigenvalue weighted by atomic mass is 16.4. The Hall–Kier alpha value is -2.55. The Balaban J connectivity index is 2.23. The molecule has 0 spiro atoms. The lowest BCUT2D eigenvalue weighted by atomic mass is 10.1. The Morgan fingerprint density at radius 2 is 1.68 bits per heavy atom. The lowest BCUT2D eigenvalue weighted by Crippen LogP contribution is -1.99. The summed E-state index contributed by atoms with van der Waals surface area (Å²) in [6, 6.07) is 17.8. The van der Waals surface area contributed by atoms with Gasteiger partial charge in [0.05, 0.1) is 11.9 Å². The van der Waals surface area contributed by atoms with Gasteiger partial charge in [0.25, 0.3) is 0 Å². The van der Waals surface area contributed by atoms with Gasteiger partial charge in [0.15, 0.2) is 0 Å². The minimum atomic E-state index is -0.809. The van der Waals surface area contributed by atoms with Crippen LogP contribution in [0.1, 0.15) is 5.56 Å². The fourth-order valence-corrected chi connectivity index (χ4v) is 2.36. The van der Waals surface area contributed by atoms with E-state index in [4.69, 9.17) is 5.11 Å². The third kappa shape index (κ3) is 2.10. The predicted octanol–water partition coefficient (Wildman–Crippen LogP) is 3.26. The number of benzene rings is 2. The smallest absolute Gasteiger partial charge is 0.307 e. The van der Waals surface area contributed by atoms with Gasteiger partial charge in [0.2, 0.25) is 0 Å². The molecule has 0 atom stereocenters. The van der Waals surface area contributed by atoms with E-state index < -0.39 is 5.97 Å². The minimum Gasteiger partial charge on any atom is -0.481 e. The maximum atomic E-state index is 10.9.